The van der Waals surface area contributed by atoms with Crippen LogP contribution in [0.4, 0.5) is 0 Å². The molecule has 0 aliphatic carbocycles. The Morgan fingerprint density at radius 2 is 2.14 bits per heavy atom. The zero-order chi connectivity index (χ0) is 15.5. The predicted molar refractivity (Wildman–Crippen MR) is 86.7 cm³/mol. The summed E-state index contributed by atoms with van der Waals surface area (Å²) in [4.78, 5) is 12.3. The summed E-state index contributed by atoms with van der Waals surface area (Å²) in [5, 5.41) is -0.429. The SMILES string of the molecule is CC[C@H](C)CS(=O)(=O)NC(=O)[C@@H]1SCCc2ccccc21. The van der Waals surface area contributed by atoms with E-state index in [9.17, 15) is 13.2 Å². The summed E-state index contributed by atoms with van der Waals surface area (Å²) >= 11 is 1.50. The first-order chi connectivity index (χ1) is 9.93. The third-order valence-corrected chi connectivity index (χ3v) is 6.45. The number of carbonyl (C=O) groups excluding carboxylic acids is 1. The highest BCUT2D eigenvalue weighted by Gasteiger charge is 2.29. The molecule has 0 unspecified atom stereocenters. The van der Waals surface area contributed by atoms with Gasteiger partial charge in [-0.25, -0.2) is 8.42 Å². The zero-order valence-corrected chi connectivity index (χ0v) is 14.0. The average molecular weight is 327 g/mol. The fourth-order valence-corrected chi connectivity index (χ4v) is 5.11. The number of sulfonamides is 1. The van der Waals surface area contributed by atoms with Gasteiger partial charge in [0.2, 0.25) is 10.0 Å². The lowest BCUT2D eigenvalue weighted by Crippen LogP contribution is -2.37. The number of thioether (sulfide) groups is 1. The Kier molecular flexibility index (Phi) is 5.32. The highest BCUT2D eigenvalue weighted by atomic mass is 32.2. The number of amides is 1. The maximum absolute atomic E-state index is 12.3. The van der Waals surface area contributed by atoms with E-state index in [0.717, 1.165) is 29.7 Å². The molecule has 0 saturated carbocycles. The number of benzene rings is 1. The van der Waals surface area contributed by atoms with Gasteiger partial charge >= 0.3 is 0 Å². The second-order valence-electron chi connectivity index (χ2n) is 5.46. The maximum Gasteiger partial charge on any atom is 0.251 e. The van der Waals surface area contributed by atoms with E-state index >= 15 is 0 Å². The van der Waals surface area contributed by atoms with Crippen LogP contribution in [0, 0.1) is 5.92 Å². The minimum absolute atomic E-state index is 0.00568. The third-order valence-electron chi connectivity index (χ3n) is 3.69. The summed E-state index contributed by atoms with van der Waals surface area (Å²) in [5.41, 5.74) is 2.07. The van der Waals surface area contributed by atoms with Crippen molar-refractivity contribution in [2.24, 2.45) is 5.92 Å². The molecule has 1 N–H and O–H groups in total. The van der Waals surface area contributed by atoms with Crippen molar-refractivity contribution in [1.82, 2.24) is 4.72 Å². The second-order valence-corrected chi connectivity index (χ2v) is 8.44. The van der Waals surface area contributed by atoms with E-state index in [-0.39, 0.29) is 11.7 Å². The smallest absolute Gasteiger partial charge is 0.251 e. The molecule has 2 atom stereocenters. The fraction of sp³-hybridized carbons (Fsp3) is 0.533. The van der Waals surface area contributed by atoms with Gasteiger partial charge in [0.15, 0.2) is 0 Å². The van der Waals surface area contributed by atoms with Gasteiger partial charge in [0.25, 0.3) is 5.91 Å². The lowest BCUT2D eigenvalue weighted by molar-refractivity contribution is -0.118. The molecule has 1 amide bonds. The van der Waals surface area contributed by atoms with E-state index in [4.69, 9.17) is 0 Å². The van der Waals surface area contributed by atoms with E-state index in [1.165, 1.54) is 11.8 Å². The van der Waals surface area contributed by atoms with Gasteiger partial charge in [-0.1, -0.05) is 44.5 Å². The highest BCUT2D eigenvalue weighted by Crippen LogP contribution is 2.36. The molecular weight excluding hydrogens is 306 g/mol. The number of rotatable bonds is 5. The first-order valence-corrected chi connectivity index (χ1v) is 9.86. The second kappa shape index (κ2) is 6.83. The van der Waals surface area contributed by atoms with E-state index in [1.807, 2.05) is 38.1 Å². The van der Waals surface area contributed by atoms with Gasteiger partial charge in [0.05, 0.1) is 5.75 Å². The summed E-state index contributed by atoms with van der Waals surface area (Å²) < 4.78 is 26.3. The number of fused-ring (bicyclic) bond motifs is 1. The van der Waals surface area contributed by atoms with Crippen LogP contribution in [-0.2, 0) is 21.2 Å². The Labute approximate surface area is 130 Å². The van der Waals surface area contributed by atoms with Crippen LogP contribution < -0.4 is 4.72 Å². The molecule has 2 rings (SSSR count). The normalized spacial score (nSPS) is 19.6. The molecule has 1 heterocycles. The van der Waals surface area contributed by atoms with Gasteiger partial charge in [-0.05, 0) is 29.2 Å². The Morgan fingerprint density at radius 3 is 2.86 bits per heavy atom. The first-order valence-electron chi connectivity index (χ1n) is 7.16. The molecule has 1 aliphatic rings. The van der Waals surface area contributed by atoms with Crippen molar-refractivity contribution >= 4 is 27.7 Å². The van der Waals surface area contributed by atoms with Crippen LogP contribution in [0.1, 0.15) is 36.6 Å². The molecule has 0 radical (unpaired) electrons. The van der Waals surface area contributed by atoms with Crippen molar-refractivity contribution in [3.8, 4) is 0 Å². The van der Waals surface area contributed by atoms with Crippen molar-refractivity contribution < 1.29 is 13.2 Å². The maximum atomic E-state index is 12.3. The zero-order valence-electron chi connectivity index (χ0n) is 12.3. The van der Waals surface area contributed by atoms with Crippen LogP contribution in [-0.4, -0.2) is 25.8 Å². The predicted octanol–water partition coefficient (Wildman–Crippen LogP) is 2.51. The topological polar surface area (TPSA) is 63.2 Å². The molecule has 0 aromatic heterocycles. The summed E-state index contributed by atoms with van der Waals surface area (Å²) in [7, 11) is -3.56. The van der Waals surface area contributed by atoms with Crippen LogP contribution in [0.5, 0.6) is 0 Å². The summed E-state index contributed by atoms with van der Waals surface area (Å²) in [6.45, 7) is 3.81. The molecule has 1 aromatic carbocycles. The fourth-order valence-electron chi connectivity index (χ4n) is 2.35. The lowest BCUT2D eigenvalue weighted by atomic mass is 10.0. The molecule has 1 aliphatic heterocycles. The van der Waals surface area contributed by atoms with Gasteiger partial charge in [-0.3, -0.25) is 9.52 Å². The van der Waals surface area contributed by atoms with Crippen molar-refractivity contribution in [3.05, 3.63) is 35.4 Å². The molecule has 4 nitrogen and oxygen atoms in total. The van der Waals surface area contributed by atoms with Crippen molar-refractivity contribution in [2.45, 2.75) is 31.9 Å². The Hall–Kier alpha value is -1.01. The Balaban J connectivity index is 2.12. The lowest BCUT2D eigenvalue weighted by Gasteiger charge is -2.24. The molecular formula is C15H21NO3S2. The van der Waals surface area contributed by atoms with E-state index < -0.39 is 21.2 Å². The van der Waals surface area contributed by atoms with Gasteiger partial charge < -0.3 is 0 Å². The van der Waals surface area contributed by atoms with Gasteiger partial charge in [-0.15, -0.1) is 11.8 Å². The number of nitrogens with one attached hydrogen (secondary N) is 1. The largest absolute Gasteiger partial charge is 0.272 e. The quantitative estimate of drug-likeness (QED) is 0.902. The highest BCUT2D eigenvalue weighted by molar-refractivity contribution is 8.00. The Morgan fingerprint density at radius 1 is 1.43 bits per heavy atom. The summed E-state index contributed by atoms with van der Waals surface area (Å²) in [6, 6.07) is 7.75. The van der Waals surface area contributed by atoms with E-state index in [0.29, 0.717) is 0 Å². The summed E-state index contributed by atoms with van der Waals surface area (Å²) in [5.74, 6) is 0.450. The monoisotopic (exact) mass is 327 g/mol. The molecule has 0 fully saturated rings. The van der Waals surface area contributed by atoms with Crippen LogP contribution in [0.25, 0.3) is 0 Å². The number of hydrogen-bond donors (Lipinski definition) is 1. The number of carbonyl (C=O) groups is 1. The first kappa shape index (κ1) is 16.4. The van der Waals surface area contributed by atoms with E-state index in [2.05, 4.69) is 4.72 Å². The third kappa shape index (κ3) is 4.23. The molecule has 0 saturated heterocycles. The Bertz CT molecular complexity index is 613. The van der Waals surface area contributed by atoms with E-state index in [1.54, 1.807) is 0 Å². The van der Waals surface area contributed by atoms with Gasteiger partial charge in [-0.2, -0.15) is 0 Å². The summed E-state index contributed by atoms with van der Waals surface area (Å²) in [6.07, 6.45) is 1.69. The van der Waals surface area contributed by atoms with Crippen LogP contribution >= 0.6 is 11.8 Å². The average Bonchev–Trinajstić information content (AvgIpc) is 2.45. The van der Waals surface area contributed by atoms with Gasteiger partial charge in [0, 0.05) is 0 Å². The molecule has 116 valence electrons. The van der Waals surface area contributed by atoms with Crippen molar-refractivity contribution in [1.29, 1.82) is 0 Å². The van der Waals surface area contributed by atoms with Crippen LogP contribution in [0.3, 0.4) is 0 Å². The van der Waals surface area contributed by atoms with Gasteiger partial charge in [0.1, 0.15) is 5.25 Å². The molecule has 1 aromatic rings. The number of aryl methyl sites for hydroxylation is 1. The minimum atomic E-state index is -3.56. The molecule has 21 heavy (non-hydrogen) atoms. The molecule has 6 heteroatoms. The van der Waals surface area contributed by atoms with Crippen molar-refractivity contribution in [3.63, 3.8) is 0 Å². The minimum Gasteiger partial charge on any atom is -0.272 e. The van der Waals surface area contributed by atoms with Crippen LogP contribution in [0.2, 0.25) is 0 Å². The molecule has 0 spiro atoms. The number of hydrogen-bond acceptors (Lipinski definition) is 4. The standard InChI is InChI=1S/C15H21NO3S2/c1-3-11(2)10-21(18,19)16-15(17)14-13-7-5-4-6-12(13)8-9-20-14/h4-7,11,14H,3,8-10H2,1-2H3,(H,16,17)/t11-,14+/m0/s1. The molecule has 0 bridgehead atoms. The van der Waals surface area contributed by atoms with Crippen molar-refractivity contribution in [2.75, 3.05) is 11.5 Å². The van der Waals surface area contributed by atoms with Crippen LogP contribution in [0.15, 0.2) is 24.3 Å².